The van der Waals surface area contributed by atoms with Crippen molar-refractivity contribution in [2.45, 2.75) is 19.3 Å². The van der Waals surface area contributed by atoms with Gasteiger partial charge >= 0.3 is 0 Å². The van der Waals surface area contributed by atoms with Gasteiger partial charge in [-0.1, -0.05) is 172 Å². The van der Waals surface area contributed by atoms with Crippen LogP contribution < -0.4 is 4.90 Å². The third-order valence-electron chi connectivity index (χ3n) is 15.1. The SMILES string of the molecule is CC1(C)c2cc(-c3ccc(-n4c5ccccc5c5ccccc54)cc3)ccc2-c2ccc(N(c3ccc(-c4ccc5c(c4)c4ccccc4n5-c4ccccc4)cc3)c3cccc4ccccc34)cc21. The molecule has 330 valence electrons. The Hall–Kier alpha value is -8.92. The van der Waals surface area contributed by atoms with Crippen LogP contribution in [0, 0.1) is 0 Å². The van der Waals surface area contributed by atoms with Crippen molar-refractivity contribution >= 4 is 71.4 Å². The van der Waals surface area contributed by atoms with Crippen LogP contribution >= 0.6 is 0 Å². The molecule has 2 aromatic heterocycles. The van der Waals surface area contributed by atoms with Gasteiger partial charge in [0.15, 0.2) is 0 Å². The minimum absolute atomic E-state index is 0.226. The van der Waals surface area contributed by atoms with Crippen LogP contribution in [-0.4, -0.2) is 9.13 Å². The second-order valence-corrected chi connectivity index (χ2v) is 19.3. The topological polar surface area (TPSA) is 13.1 Å². The van der Waals surface area contributed by atoms with E-state index in [-0.39, 0.29) is 5.41 Å². The first-order valence-corrected chi connectivity index (χ1v) is 24.3. The van der Waals surface area contributed by atoms with E-state index in [0.717, 1.165) is 22.7 Å². The molecular formula is C67H47N3. The van der Waals surface area contributed by atoms with E-state index in [9.17, 15) is 0 Å². The van der Waals surface area contributed by atoms with Crippen LogP contribution in [0.2, 0.25) is 0 Å². The van der Waals surface area contributed by atoms with E-state index in [1.54, 1.807) is 0 Å². The molecular weight excluding hydrogens is 847 g/mol. The molecule has 2 heterocycles. The number of para-hydroxylation sites is 4. The van der Waals surface area contributed by atoms with Crippen molar-refractivity contribution < 1.29 is 0 Å². The Bertz CT molecular complexity index is 4130. The maximum Gasteiger partial charge on any atom is 0.0541 e. The highest BCUT2D eigenvalue weighted by atomic mass is 15.1. The van der Waals surface area contributed by atoms with Gasteiger partial charge in [0.1, 0.15) is 0 Å². The zero-order valence-corrected chi connectivity index (χ0v) is 39.0. The Morgan fingerprint density at radius 2 is 0.771 bits per heavy atom. The van der Waals surface area contributed by atoms with Gasteiger partial charge in [-0.25, -0.2) is 0 Å². The fraction of sp³-hybridized carbons (Fsp3) is 0.0448. The second-order valence-electron chi connectivity index (χ2n) is 19.3. The zero-order chi connectivity index (χ0) is 46.5. The van der Waals surface area contributed by atoms with Gasteiger partial charge in [0.25, 0.3) is 0 Å². The van der Waals surface area contributed by atoms with Crippen molar-refractivity contribution in [2.75, 3.05) is 4.90 Å². The number of nitrogens with zero attached hydrogens (tertiary/aromatic N) is 3. The Labute approximate surface area is 407 Å². The quantitative estimate of drug-likeness (QED) is 0.155. The van der Waals surface area contributed by atoms with Crippen molar-refractivity contribution in [2.24, 2.45) is 0 Å². The molecule has 3 heteroatoms. The minimum Gasteiger partial charge on any atom is -0.310 e. The van der Waals surface area contributed by atoms with Gasteiger partial charge in [-0.05, 0) is 141 Å². The number of rotatable bonds is 7. The number of aromatic nitrogens is 2. The molecule has 0 saturated heterocycles. The molecule has 0 aliphatic heterocycles. The zero-order valence-electron chi connectivity index (χ0n) is 39.0. The molecule has 3 nitrogen and oxygen atoms in total. The number of benzene rings is 11. The highest BCUT2D eigenvalue weighted by Gasteiger charge is 2.36. The van der Waals surface area contributed by atoms with Crippen LogP contribution in [0.4, 0.5) is 17.1 Å². The molecule has 0 saturated carbocycles. The van der Waals surface area contributed by atoms with Gasteiger partial charge in [0, 0.05) is 55.1 Å². The Morgan fingerprint density at radius 1 is 0.314 bits per heavy atom. The first-order chi connectivity index (χ1) is 34.5. The summed E-state index contributed by atoms with van der Waals surface area (Å²) in [5.41, 5.74) is 20.5. The van der Waals surface area contributed by atoms with Gasteiger partial charge in [-0.2, -0.15) is 0 Å². The van der Waals surface area contributed by atoms with Gasteiger partial charge < -0.3 is 14.0 Å². The van der Waals surface area contributed by atoms with Crippen LogP contribution in [0.1, 0.15) is 25.0 Å². The molecule has 0 radical (unpaired) electrons. The van der Waals surface area contributed by atoms with E-state index >= 15 is 0 Å². The highest BCUT2D eigenvalue weighted by Crippen LogP contribution is 2.52. The summed E-state index contributed by atoms with van der Waals surface area (Å²) in [5.74, 6) is 0. The molecule has 14 rings (SSSR count). The highest BCUT2D eigenvalue weighted by molar-refractivity contribution is 6.11. The van der Waals surface area contributed by atoms with Gasteiger partial charge in [0.2, 0.25) is 0 Å². The first-order valence-electron chi connectivity index (χ1n) is 24.3. The molecule has 0 unspecified atom stereocenters. The van der Waals surface area contributed by atoms with Crippen LogP contribution in [0.15, 0.2) is 249 Å². The summed E-state index contributed by atoms with van der Waals surface area (Å²) in [4.78, 5) is 2.45. The van der Waals surface area contributed by atoms with Crippen LogP contribution in [0.5, 0.6) is 0 Å². The standard InChI is InChI=1S/C67H47N3/c1-67(2)60-42-48(45-29-35-51(36-30-45)70-63-23-11-8-20-56(63)57-21-9-12-24-64(57)70)31-38-54(60)55-39-37-52(43-61(55)67)68(62-26-14-16-46-15-6-7-19-53(46)62)50-33-27-44(28-34-50)47-32-40-66-59(41-47)58-22-10-13-25-65(58)69(66)49-17-4-3-5-18-49/h3-43H,1-2H3. The maximum atomic E-state index is 2.45. The van der Waals surface area contributed by atoms with Crippen molar-refractivity contribution in [1.82, 2.24) is 9.13 Å². The fourth-order valence-electron chi connectivity index (χ4n) is 11.7. The van der Waals surface area contributed by atoms with Crippen molar-refractivity contribution in [3.8, 4) is 44.8 Å². The van der Waals surface area contributed by atoms with E-state index < -0.39 is 0 Å². The molecule has 70 heavy (non-hydrogen) atoms. The molecule has 1 aliphatic carbocycles. The lowest BCUT2D eigenvalue weighted by atomic mass is 9.81. The van der Waals surface area contributed by atoms with Gasteiger partial charge in [-0.15, -0.1) is 0 Å². The maximum absolute atomic E-state index is 2.45. The minimum atomic E-state index is -0.226. The van der Waals surface area contributed by atoms with Gasteiger partial charge in [0.05, 0.1) is 27.8 Å². The summed E-state index contributed by atoms with van der Waals surface area (Å²) >= 11 is 0. The largest absolute Gasteiger partial charge is 0.310 e. The number of hydrogen-bond acceptors (Lipinski definition) is 1. The summed E-state index contributed by atoms with van der Waals surface area (Å²) < 4.78 is 4.76. The molecule has 0 bridgehead atoms. The average molecular weight is 894 g/mol. The van der Waals surface area contributed by atoms with E-state index in [2.05, 4.69) is 277 Å². The lowest BCUT2D eigenvalue weighted by Crippen LogP contribution is -2.16. The monoisotopic (exact) mass is 893 g/mol. The molecule has 0 spiro atoms. The molecule has 0 N–H and O–H groups in total. The molecule has 0 amide bonds. The Balaban J connectivity index is 0.828. The van der Waals surface area contributed by atoms with E-state index in [4.69, 9.17) is 0 Å². The molecule has 11 aromatic carbocycles. The normalized spacial score (nSPS) is 12.8. The lowest BCUT2D eigenvalue weighted by molar-refractivity contribution is 0.660. The Morgan fingerprint density at radius 3 is 1.44 bits per heavy atom. The summed E-state index contributed by atoms with van der Waals surface area (Å²) in [6, 6.07) is 91.6. The summed E-state index contributed by atoms with van der Waals surface area (Å²) in [6.07, 6.45) is 0. The second kappa shape index (κ2) is 15.6. The van der Waals surface area contributed by atoms with Gasteiger partial charge in [-0.3, -0.25) is 0 Å². The third-order valence-corrected chi connectivity index (χ3v) is 15.1. The molecule has 0 atom stereocenters. The van der Waals surface area contributed by atoms with Crippen molar-refractivity contribution in [3.63, 3.8) is 0 Å². The predicted octanol–water partition coefficient (Wildman–Crippen LogP) is 18.1. The summed E-state index contributed by atoms with van der Waals surface area (Å²) in [7, 11) is 0. The van der Waals surface area contributed by atoms with Crippen molar-refractivity contribution in [3.05, 3.63) is 260 Å². The first kappa shape index (κ1) is 40.2. The lowest BCUT2D eigenvalue weighted by Gasteiger charge is -2.29. The number of hydrogen-bond donors (Lipinski definition) is 0. The third kappa shape index (κ3) is 6.15. The molecule has 0 fully saturated rings. The smallest absolute Gasteiger partial charge is 0.0541 e. The van der Waals surface area contributed by atoms with E-state index in [1.165, 1.54) is 105 Å². The fourth-order valence-corrected chi connectivity index (χ4v) is 11.7. The number of fused-ring (bicyclic) bond motifs is 10. The van der Waals surface area contributed by atoms with E-state index in [1.807, 2.05) is 0 Å². The van der Waals surface area contributed by atoms with Crippen LogP contribution in [0.25, 0.3) is 99.1 Å². The Kier molecular flexibility index (Phi) is 8.93. The summed E-state index contributed by atoms with van der Waals surface area (Å²) in [5, 5.41) is 7.49. The number of anilines is 3. The predicted molar refractivity (Wildman–Crippen MR) is 296 cm³/mol. The molecule has 1 aliphatic rings. The van der Waals surface area contributed by atoms with Crippen molar-refractivity contribution in [1.29, 1.82) is 0 Å². The average Bonchev–Trinajstić information content (AvgIpc) is 4.01. The summed E-state index contributed by atoms with van der Waals surface area (Å²) in [6.45, 7) is 4.78. The van der Waals surface area contributed by atoms with E-state index in [0.29, 0.717) is 0 Å². The molecule has 13 aromatic rings. The van der Waals surface area contributed by atoms with Crippen LogP contribution in [-0.2, 0) is 5.41 Å². The van der Waals surface area contributed by atoms with Crippen LogP contribution in [0.3, 0.4) is 0 Å².